The van der Waals surface area contributed by atoms with Crippen molar-refractivity contribution in [1.82, 2.24) is 5.32 Å². The van der Waals surface area contributed by atoms with Crippen molar-refractivity contribution in [2.24, 2.45) is 0 Å². The summed E-state index contributed by atoms with van der Waals surface area (Å²) in [6.45, 7) is 0. The van der Waals surface area contributed by atoms with Gasteiger partial charge in [0.2, 0.25) is 0 Å². The topological polar surface area (TPSA) is 81.7 Å². The van der Waals surface area contributed by atoms with Gasteiger partial charge < -0.3 is 9.47 Å². The SMILES string of the molecule is COc1cc(/C=C2/SC(=O)NC2=O)ccc1OC(=O)c1ccc(F)cc1. The van der Waals surface area contributed by atoms with Gasteiger partial charge in [-0.2, -0.15) is 0 Å². The van der Waals surface area contributed by atoms with E-state index in [4.69, 9.17) is 9.47 Å². The van der Waals surface area contributed by atoms with Crippen LogP contribution in [0.2, 0.25) is 0 Å². The molecule has 8 heteroatoms. The lowest BCUT2D eigenvalue weighted by Gasteiger charge is -2.10. The molecule has 1 fully saturated rings. The highest BCUT2D eigenvalue weighted by Gasteiger charge is 2.25. The van der Waals surface area contributed by atoms with E-state index >= 15 is 0 Å². The largest absolute Gasteiger partial charge is 0.493 e. The van der Waals surface area contributed by atoms with Crippen LogP contribution < -0.4 is 14.8 Å². The fourth-order valence-corrected chi connectivity index (χ4v) is 2.86. The fraction of sp³-hybridized carbons (Fsp3) is 0.0556. The van der Waals surface area contributed by atoms with E-state index in [0.29, 0.717) is 5.56 Å². The van der Waals surface area contributed by atoms with Crippen LogP contribution in [0.5, 0.6) is 11.5 Å². The quantitative estimate of drug-likeness (QED) is 0.503. The van der Waals surface area contributed by atoms with Crippen LogP contribution in [0.4, 0.5) is 9.18 Å². The van der Waals surface area contributed by atoms with Gasteiger partial charge in [-0.05, 0) is 59.8 Å². The number of esters is 1. The van der Waals surface area contributed by atoms with Crippen molar-refractivity contribution in [2.45, 2.75) is 0 Å². The maximum atomic E-state index is 12.9. The van der Waals surface area contributed by atoms with Crippen LogP contribution >= 0.6 is 11.8 Å². The number of imide groups is 1. The second-order valence-corrected chi connectivity index (χ2v) is 6.17. The number of methoxy groups -OCH3 is 1. The van der Waals surface area contributed by atoms with Crippen molar-refractivity contribution in [3.8, 4) is 11.5 Å². The number of ether oxygens (including phenoxy) is 2. The van der Waals surface area contributed by atoms with E-state index in [1.165, 1.54) is 31.4 Å². The van der Waals surface area contributed by atoms with Gasteiger partial charge in [0.1, 0.15) is 5.82 Å². The Morgan fingerprint density at radius 3 is 2.46 bits per heavy atom. The average Bonchev–Trinajstić information content (AvgIpc) is 2.93. The number of halogens is 1. The number of amides is 2. The minimum Gasteiger partial charge on any atom is -0.493 e. The summed E-state index contributed by atoms with van der Waals surface area (Å²) in [5.74, 6) is -1.14. The molecule has 1 aliphatic rings. The van der Waals surface area contributed by atoms with Crippen LogP contribution in [0.15, 0.2) is 47.4 Å². The molecule has 0 spiro atoms. The van der Waals surface area contributed by atoms with E-state index in [1.807, 2.05) is 0 Å². The molecule has 2 amide bonds. The first-order valence-corrected chi connectivity index (χ1v) is 8.18. The van der Waals surface area contributed by atoms with Gasteiger partial charge in [0, 0.05) is 0 Å². The molecule has 6 nitrogen and oxygen atoms in total. The molecule has 0 aromatic heterocycles. The molecular weight excluding hydrogens is 361 g/mol. The zero-order valence-corrected chi connectivity index (χ0v) is 14.3. The predicted octanol–water partition coefficient (Wildman–Crippen LogP) is 3.38. The normalized spacial score (nSPS) is 15.1. The van der Waals surface area contributed by atoms with Gasteiger partial charge in [0.15, 0.2) is 11.5 Å². The summed E-state index contributed by atoms with van der Waals surface area (Å²) in [4.78, 5) is 35.2. The predicted molar refractivity (Wildman–Crippen MR) is 93.5 cm³/mol. The standard InChI is InChI=1S/C18H12FNO5S/c1-24-14-8-10(9-15-16(21)20-18(23)26-15)2-7-13(14)25-17(22)11-3-5-12(19)6-4-11/h2-9H,1H3,(H,20,21,23)/b15-9+. The molecule has 26 heavy (non-hydrogen) atoms. The van der Waals surface area contributed by atoms with Gasteiger partial charge in [-0.3, -0.25) is 14.9 Å². The molecule has 1 saturated heterocycles. The Labute approximate surface area is 152 Å². The Kier molecular flexibility index (Phi) is 5.04. The van der Waals surface area contributed by atoms with Crippen LogP contribution in [0.3, 0.4) is 0 Å². The van der Waals surface area contributed by atoms with E-state index in [9.17, 15) is 18.8 Å². The number of benzene rings is 2. The summed E-state index contributed by atoms with van der Waals surface area (Å²) in [7, 11) is 1.40. The van der Waals surface area contributed by atoms with E-state index in [2.05, 4.69) is 5.32 Å². The highest BCUT2D eigenvalue weighted by molar-refractivity contribution is 8.18. The van der Waals surface area contributed by atoms with Crippen LogP contribution in [0.25, 0.3) is 6.08 Å². The van der Waals surface area contributed by atoms with Crippen molar-refractivity contribution >= 4 is 35.0 Å². The number of hydrogen-bond acceptors (Lipinski definition) is 6. The van der Waals surface area contributed by atoms with Crippen molar-refractivity contribution in [3.63, 3.8) is 0 Å². The summed E-state index contributed by atoms with van der Waals surface area (Å²) in [5.41, 5.74) is 0.785. The molecule has 3 rings (SSSR count). The van der Waals surface area contributed by atoms with E-state index < -0.39 is 22.9 Å². The minimum atomic E-state index is -0.661. The highest BCUT2D eigenvalue weighted by Crippen LogP contribution is 2.32. The molecule has 0 radical (unpaired) electrons. The monoisotopic (exact) mass is 373 g/mol. The van der Waals surface area contributed by atoms with Gasteiger partial charge in [-0.25, -0.2) is 9.18 Å². The fourth-order valence-electron chi connectivity index (χ4n) is 2.18. The Morgan fingerprint density at radius 2 is 1.85 bits per heavy atom. The molecule has 132 valence electrons. The number of thioether (sulfide) groups is 1. The lowest BCUT2D eigenvalue weighted by Crippen LogP contribution is -2.17. The molecule has 0 atom stereocenters. The summed E-state index contributed by atoms with van der Waals surface area (Å²) in [5, 5.41) is 1.73. The second kappa shape index (κ2) is 7.40. The van der Waals surface area contributed by atoms with Crippen molar-refractivity contribution in [2.75, 3.05) is 7.11 Å². The highest BCUT2D eigenvalue weighted by atomic mass is 32.2. The lowest BCUT2D eigenvalue weighted by molar-refractivity contribution is -0.115. The van der Waals surface area contributed by atoms with Crippen molar-refractivity contribution in [3.05, 3.63) is 64.3 Å². The average molecular weight is 373 g/mol. The Bertz CT molecular complexity index is 924. The second-order valence-electron chi connectivity index (χ2n) is 5.16. The van der Waals surface area contributed by atoms with Gasteiger partial charge in [0.25, 0.3) is 11.1 Å². The first-order valence-electron chi connectivity index (χ1n) is 7.37. The van der Waals surface area contributed by atoms with Gasteiger partial charge >= 0.3 is 5.97 Å². The number of nitrogens with one attached hydrogen (secondary N) is 1. The Hall–Kier alpha value is -3.13. The molecule has 0 bridgehead atoms. The third kappa shape index (κ3) is 3.92. The summed E-state index contributed by atoms with van der Waals surface area (Å²) in [6, 6.07) is 9.64. The summed E-state index contributed by atoms with van der Waals surface area (Å²) < 4.78 is 23.4. The van der Waals surface area contributed by atoms with Gasteiger partial charge in [0.05, 0.1) is 17.6 Å². The van der Waals surface area contributed by atoms with Crippen LogP contribution in [-0.4, -0.2) is 24.2 Å². The maximum absolute atomic E-state index is 12.9. The summed E-state index contributed by atoms with van der Waals surface area (Å²) >= 11 is 0.800. The number of carbonyl (C=O) groups excluding carboxylic acids is 3. The molecule has 0 aliphatic carbocycles. The smallest absolute Gasteiger partial charge is 0.343 e. The third-order valence-electron chi connectivity index (χ3n) is 3.41. The summed E-state index contributed by atoms with van der Waals surface area (Å²) in [6.07, 6.45) is 1.53. The lowest BCUT2D eigenvalue weighted by atomic mass is 10.1. The number of carbonyl (C=O) groups is 3. The molecule has 1 heterocycles. The number of rotatable bonds is 4. The molecular formula is C18H12FNO5S. The zero-order valence-electron chi connectivity index (χ0n) is 13.4. The number of hydrogen-bond donors (Lipinski definition) is 1. The van der Waals surface area contributed by atoms with Crippen LogP contribution in [0.1, 0.15) is 15.9 Å². The van der Waals surface area contributed by atoms with Crippen molar-refractivity contribution in [1.29, 1.82) is 0 Å². The first kappa shape index (κ1) is 17.7. The molecule has 2 aromatic carbocycles. The Morgan fingerprint density at radius 1 is 1.12 bits per heavy atom. The molecule has 1 aliphatic heterocycles. The van der Waals surface area contributed by atoms with E-state index in [1.54, 1.807) is 12.1 Å². The molecule has 1 N–H and O–H groups in total. The van der Waals surface area contributed by atoms with Crippen LogP contribution in [0, 0.1) is 5.82 Å². The minimum absolute atomic E-state index is 0.170. The van der Waals surface area contributed by atoms with Crippen molar-refractivity contribution < 1.29 is 28.2 Å². The van der Waals surface area contributed by atoms with E-state index in [-0.39, 0.29) is 22.0 Å². The molecule has 0 saturated carbocycles. The molecule has 2 aromatic rings. The van der Waals surface area contributed by atoms with Gasteiger partial charge in [-0.1, -0.05) is 6.07 Å². The maximum Gasteiger partial charge on any atom is 0.343 e. The first-order chi connectivity index (χ1) is 12.5. The zero-order chi connectivity index (χ0) is 18.7. The molecule has 0 unspecified atom stereocenters. The van der Waals surface area contributed by atoms with Gasteiger partial charge in [-0.15, -0.1) is 0 Å². The third-order valence-corrected chi connectivity index (χ3v) is 4.22. The van der Waals surface area contributed by atoms with Crippen LogP contribution in [-0.2, 0) is 4.79 Å². The Balaban J connectivity index is 1.82. The van der Waals surface area contributed by atoms with E-state index in [0.717, 1.165) is 23.9 Å².